The van der Waals surface area contributed by atoms with Crippen LogP contribution in [0.25, 0.3) is 0 Å². The van der Waals surface area contributed by atoms with Gasteiger partial charge >= 0.3 is 5.97 Å². The van der Waals surface area contributed by atoms with Gasteiger partial charge in [-0.15, -0.1) is 0 Å². The number of para-hydroxylation sites is 1. The molecule has 0 spiro atoms. The Morgan fingerprint density at radius 1 is 1.00 bits per heavy atom. The standard InChI is InChI=1S/C21H18ClNO5/c22-17-6-2-1-4-15(17)13-27-18-7-3-5-16(19(24)21(25)26)20(18)28-12-14-8-10-23-11-9-14/h1-11,19,24H,12-13H2,(H,25,26). The number of carboxylic acids is 1. The van der Waals surface area contributed by atoms with Gasteiger partial charge in [-0.05, 0) is 29.8 Å². The lowest BCUT2D eigenvalue weighted by atomic mass is 10.1. The van der Waals surface area contributed by atoms with Gasteiger partial charge in [0.05, 0.1) is 0 Å². The fourth-order valence-corrected chi connectivity index (χ4v) is 2.75. The van der Waals surface area contributed by atoms with Crippen LogP contribution in [0.4, 0.5) is 0 Å². The Morgan fingerprint density at radius 2 is 1.75 bits per heavy atom. The molecule has 0 amide bonds. The van der Waals surface area contributed by atoms with E-state index in [1.807, 2.05) is 18.2 Å². The van der Waals surface area contributed by atoms with E-state index in [0.717, 1.165) is 11.1 Å². The number of aliphatic hydroxyl groups is 1. The summed E-state index contributed by atoms with van der Waals surface area (Å²) in [5.41, 5.74) is 1.72. The minimum absolute atomic E-state index is 0.109. The first-order valence-electron chi connectivity index (χ1n) is 8.48. The average molecular weight is 400 g/mol. The van der Waals surface area contributed by atoms with Crippen LogP contribution in [0.15, 0.2) is 67.0 Å². The van der Waals surface area contributed by atoms with E-state index in [4.69, 9.17) is 21.1 Å². The van der Waals surface area contributed by atoms with Gasteiger partial charge in [0.2, 0.25) is 0 Å². The first-order valence-corrected chi connectivity index (χ1v) is 8.85. The summed E-state index contributed by atoms with van der Waals surface area (Å²) in [6.45, 7) is 0.326. The van der Waals surface area contributed by atoms with Crippen LogP contribution in [-0.4, -0.2) is 21.2 Å². The number of carbonyl (C=O) groups is 1. The summed E-state index contributed by atoms with van der Waals surface area (Å²) in [5.74, 6) is -0.898. The third kappa shape index (κ3) is 4.79. The molecule has 6 nitrogen and oxygen atoms in total. The first kappa shape index (κ1) is 19.7. The summed E-state index contributed by atoms with van der Waals surface area (Å²) in [7, 11) is 0. The average Bonchev–Trinajstić information content (AvgIpc) is 2.72. The van der Waals surface area contributed by atoms with Crippen LogP contribution in [0.2, 0.25) is 5.02 Å². The molecule has 3 rings (SSSR count). The Balaban J connectivity index is 1.88. The van der Waals surface area contributed by atoms with Crippen LogP contribution in [0.3, 0.4) is 0 Å². The Hall–Kier alpha value is -3.09. The molecule has 0 saturated carbocycles. The van der Waals surface area contributed by atoms with E-state index in [1.54, 1.807) is 42.7 Å². The number of benzene rings is 2. The lowest BCUT2D eigenvalue weighted by Crippen LogP contribution is -2.13. The minimum atomic E-state index is -1.74. The molecule has 2 N–H and O–H groups in total. The molecule has 1 unspecified atom stereocenters. The summed E-state index contributed by atoms with van der Waals surface area (Å²) in [4.78, 5) is 15.2. The molecule has 0 fully saturated rings. The molecule has 0 bridgehead atoms. The Kier molecular flexibility index (Phi) is 6.47. The van der Waals surface area contributed by atoms with Crippen molar-refractivity contribution in [3.63, 3.8) is 0 Å². The maximum atomic E-state index is 11.3. The van der Waals surface area contributed by atoms with Gasteiger partial charge in [0.1, 0.15) is 13.2 Å². The van der Waals surface area contributed by atoms with Crippen molar-refractivity contribution in [1.29, 1.82) is 0 Å². The van der Waals surface area contributed by atoms with Crippen LogP contribution in [0.5, 0.6) is 11.5 Å². The van der Waals surface area contributed by atoms with E-state index in [-0.39, 0.29) is 24.5 Å². The molecule has 0 aliphatic carbocycles. The second kappa shape index (κ2) is 9.21. The summed E-state index contributed by atoms with van der Waals surface area (Å²) >= 11 is 6.16. The number of ether oxygens (including phenoxy) is 2. The summed E-state index contributed by atoms with van der Waals surface area (Å²) < 4.78 is 11.7. The van der Waals surface area contributed by atoms with Crippen molar-refractivity contribution in [1.82, 2.24) is 4.98 Å². The molecule has 0 aliphatic heterocycles. The van der Waals surface area contributed by atoms with Gasteiger partial charge in [-0.2, -0.15) is 0 Å². The fourth-order valence-electron chi connectivity index (χ4n) is 2.55. The highest BCUT2D eigenvalue weighted by Gasteiger charge is 2.23. The molecule has 1 atom stereocenters. The van der Waals surface area contributed by atoms with Gasteiger partial charge in [-0.1, -0.05) is 41.9 Å². The topological polar surface area (TPSA) is 88.9 Å². The van der Waals surface area contributed by atoms with Crippen molar-refractivity contribution in [2.24, 2.45) is 0 Å². The van der Waals surface area contributed by atoms with Crippen molar-refractivity contribution in [2.75, 3.05) is 0 Å². The van der Waals surface area contributed by atoms with Gasteiger partial charge in [0.15, 0.2) is 17.6 Å². The van der Waals surface area contributed by atoms with Crippen molar-refractivity contribution in [3.05, 3.63) is 88.7 Å². The number of hydrogen-bond donors (Lipinski definition) is 2. The number of halogens is 1. The van der Waals surface area contributed by atoms with Crippen LogP contribution in [0.1, 0.15) is 22.8 Å². The van der Waals surface area contributed by atoms with Gasteiger partial charge in [0.25, 0.3) is 0 Å². The number of pyridine rings is 1. The van der Waals surface area contributed by atoms with Gasteiger partial charge < -0.3 is 19.7 Å². The predicted octanol–water partition coefficient (Wildman–Crippen LogP) is 4.01. The molecular weight excluding hydrogens is 382 g/mol. The number of aliphatic hydroxyl groups excluding tert-OH is 1. The largest absolute Gasteiger partial charge is 0.485 e. The van der Waals surface area contributed by atoms with Gasteiger partial charge in [0, 0.05) is 28.5 Å². The lowest BCUT2D eigenvalue weighted by molar-refractivity contribution is -0.147. The molecule has 2 aromatic carbocycles. The zero-order valence-electron chi connectivity index (χ0n) is 14.8. The number of hydrogen-bond acceptors (Lipinski definition) is 5. The van der Waals surface area contributed by atoms with E-state index >= 15 is 0 Å². The van der Waals surface area contributed by atoms with Crippen LogP contribution in [0, 0.1) is 0 Å². The van der Waals surface area contributed by atoms with Crippen LogP contribution in [-0.2, 0) is 18.0 Å². The number of nitrogens with zero attached hydrogens (tertiary/aromatic N) is 1. The number of carboxylic acid groups (broad SMARTS) is 1. The quantitative estimate of drug-likeness (QED) is 0.595. The molecule has 3 aromatic rings. The van der Waals surface area contributed by atoms with E-state index in [9.17, 15) is 15.0 Å². The molecule has 0 radical (unpaired) electrons. The van der Waals surface area contributed by atoms with Crippen molar-refractivity contribution in [3.8, 4) is 11.5 Å². The highest BCUT2D eigenvalue weighted by molar-refractivity contribution is 6.31. The third-order valence-electron chi connectivity index (χ3n) is 4.01. The Morgan fingerprint density at radius 3 is 2.46 bits per heavy atom. The van der Waals surface area contributed by atoms with Crippen LogP contribution >= 0.6 is 11.6 Å². The third-order valence-corrected chi connectivity index (χ3v) is 4.38. The second-order valence-corrected chi connectivity index (χ2v) is 6.35. The first-order chi connectivity index (χ1) is 13.6. The number of aromatic nitrogens is 1. The highest BCUT2D eigenvalue weighted by Crippen LogP contribution is 2.36. The molecule has 1 heterocycles. The van der Waals surface area contributed by atoms with Crippen molar-refractivity contribution < 1.29 is 24.5 Å². The van der Waals surface area contributed by atoms with Crippen LogP contribution < -0.4 is 9.47 Å². The van der Waals surface area contributed by atoms with E-state index in [0.29, 0.717) is 10.8 Å². The van der Waals surface area contributed by atoms with E-state index < -0.39 is 12.1 Å². The molecule has 0 aliphatic rings. The molecule has 7 heteroatoms. The van der Waals surface area contributed by atoms with Crippen molar-refractivity contribution in [2.45, 2.75) is 19.3 Å². The number of aliphatic carboxylic acids is 1. The highest BCUT2D eigenvalue weighted by atomic mass is 35.5. The summed E-state index contributed by atoms with van der Waals surface area (Å²) in [6, 6.07) is 15.5. The smallest absolute Gasteiger partial charge is 0.337 e. The molecule has 0 saturated heterocycles. The zero-order chi connectivity index (χ0) is 19.9. The Labute approximate surface area is 167 Å². The van der Waals surface area contributed by atoms with Gasteiger partial charge in [-0.3, -0.25) is 4.98 Å². The van der Waals surface area contributed by atoms with E-state index in [1.165, 1.54) is 6.07 Å². The maximum Gasteiger partial charge on any atom is 0.337 e. The molecule has 144 valence electrons. The fraction of sp³-hybridized carbons (Fsp3) is 0.143. The maximum absolute atomic E-state index is 11.3. The normalized spacial score (nSPS) is 11.6. The lowest BCUT2D eigenvalue weighted by Gasteiger charge is -2.18. The molecule has 1 aromatic heterocycles. The van der Waals surface area contributed by atoms with E-state index in [2.05, 4.69) is 4.98 Å². The summed E-state index contributed by atoms with van der Waals surface area (Å²) in [6.07, 6.45) is 1.52. The minimum Gasteiger partial charge on any atom is -0.485 e. The monoisotopic (exact) mass is 399 g/mol. The Bertz CT molecular complexity index is 949. The SMILES string of the molecule is O=C(O)C(O)c1cccc(OCc2ccccc2Cl)c1OCc1ccncc1. The second-order valence-electron chi connectivity index (χ2n) is 5.94. The molecule has 28 heavy (non-hydrogen) atoms. The van der Waals surface area contributed by atoms with Crippen molar-refractivity contribution >= 4 is 17.6 Å². The molecular formula is C21H18ClNO5. The summed E-state index contributed by atoms with van der Waals surface area (Å²) in [5, 5.41) is 19.8. The predicted molar refractivity (Wildman–Crippen MR) is 103 cm³/mol. The number of rotatable bonds is 8. The van der Waals surface area contributed by atoms with Gasteiger partial charge in [-0.25, -0.2) is 4.79 Å². The zero-order valence-corrected chi connectivity index (χ0v) is 15.5.